The summed E-state index contributed by atoms with van der Waals surface area (Å²) in [6.45, 7) is -0.339. The Kier molecular flexibility index (Phi) is 3.57. The largest absolute Gasteiger partial charge is 0.477 e. The third-order valence-corrected chi connectivity index (χ3v) is 1.42. The molecule has 8 nitrogen and oxygen atoms in total. The van der Waals surface area contributed by atoms with Crippen LogP contribution in [0.2, 0.25) is 0 Å². The van der Waals surface area contributed by atoms with Gasteiger partial charge in [0.25, 0.3) is 18.3 Å². The van der Waals surface area contributed by atoms with E-state index in [2.05, 4.69) is 10.5 Å². The Balaban J connectivity index is 5.36. The van der Waals surface area contributed by atoms with Crippen LogP contribution in [0.1, 0.15) is 0 Å². The van der Waals surface area contributed by atoms with Crippen LogP contribution in [0.3, 0.4) is 0 Å². The normalized spacial score (nSPS) is 13.5. The zero-order valence-corrected chi connectivity index (χ0v) is 7.14. The number of likely N-dealkylation sites (N-methyl/N-ethyl adjacent to an activating group) is 1. The minimum Gasteiger partial charge on any atom is -0.477 e. The van der Waals surface area contributed by atoms with Crippen LogP contribution >= 0.6 is 0 Å². The molecule has 0 fully saturated rings. The molecule has 0 aliphatic rings. The van der Waals surface area contributed by atoms with Gasteiger partial charge in [-0.3, -0.25) is 14.4 Å². The van der Waals surface area contributed by atoms with Gasteiger partial charge in [-0.15, -0.1) is 0 Å². The molecule has 0 aliphatic heterocycles. The van der Waals surface area contributed by atoms with Gasteiger partial charge >= 0.3 is 11.6 Å². The summed E-state index contributed by atoms with van der Waals surface area (Å²) >= 11 is 0. The number of ether oxygens (including phenoxy) is 1. The fraction of sp³-hybridized carbons (Fsp3) is 0.333. The van der Waals surface area contributed by atoms with E-state index in [4.69, 9.17) is 5.11 Å². The van der Waals surface area contributed by atoms with Gasteiger partial charge in [0.1, 0.15) is 0 Å². The summed E-state index contributed by atoms with van der Waals surface area (Å²) in [6.07, 6.45) is 0. The van der Waals surface area contributed by atoms with Crippen molar-refractivity contribution in [2.45, 2.75) is 5.60 Å². The number of rotatable bonds is 5. The van der Waals surface area contributed by atoms with Gasteiger partial charge in [0.15, 0.2) is 0 Å². The highest BCUT2D eigenvalue weighted by atomic mass is 16.6. The molecule has 0 heterocycles. The van der Waals surface area contributed by atoms with Crippen LogP contribution in [-0.4, -0.2) is 42.0 Å². The average Bonchev–Trinajstić information content (AvgIpc) is 2.11. The second-order valence-electron chi connectivity index (χ2n) is 2.14. The quantitative estimate of drug-likeness (QED) is 0.327. The van der Waals surface area contributed by atoms with Gasteiger partial charge in [-0.25, -0.2) is 4.79 Å². The number of amides is 2. The summed E-state index contributed by atoms with van der Waals surface area (Å²) < 4.78 is 3.94. The first-order valence-electron chi connectivity index (χ1n) is 3.30. The van der Waals surface area contributed by atoms with Gasteiger partial charge in [-0.1, -0.05) is 0 Å². The van der Waals surface area contributed by atoms with Crippen molar-refractivity contribution in [1.82, 2.24) is 5.32 Å². The molecule has 2 amide bonds. The van der Waals surface area contributed by atoms with Gasteiger partial charge in [0.2, 0.25) is 0 Å². The van der Waals surface area contributed by atoms with E-state index in [1.807, 2.05) is 5.32 Å². The molecule has 0 bridgehead atoms. The van der Waals surface area contributed by atoms with Crippen LogP contribution in [0, 0.1) is 0 Å². The summed E-state index contributed by atoms with van der Waals surface area (Å²) in [6, 6.07) is 0. The lowest BCUT2D eigenvalue weighted by atomic mass is 10.0. The minimum absolute atomic E-state index is 0.339. The Hall–Kier alpha value is -2.12. The average molecular weight is 204 g/mol. The topological polar surface area (TPSA) is 136 Å². The van der Waals surface area contributed by atoms with Crippen molar-refractivity contribution in [2.24, 2.45) is 5.73 Å². The molecule has 0 aromatic heterocycles. The lowest BCUT2D eigenvalue weighted by molar-refractivity contribution is -0.179. The lowest BCUT2D eigenvalue weighted by Gasteiger charge is -2.21. The lowest BCUT2D eigenvalue weighted by Crippen LogP contribution is -2.62. The number of nitrogens with one attached hydrogen (secondary N) is 1. The molecule has 0 radical (unpaired) electrons. The molecule has 0 rings (SSSR count). The number of primary amides is 1. The van der Waals surface area contributed by atoms with E-state index in [-0.39, 0.29) is 6.47 Å². The van der Waals surface area contributed by atoms with Crippen molar-refractivity contribution in [2.75, 3.05) is 7.05 Å². The first-order chi connectivity index (χ1) is 6.43. The van der Waals surface area contributed by atoms with Gasteiger partial charge < -0.3 is 20.9 Å². The van der Waals surface area contributed by atoms with E-state index < -0.39 is 23.4 Å². The number of nitrogens with two attached hydrogens (primary N) is 1. The standard InChI is InChI=1S/C6H8N2O6/c1-8-4(11)6(3(7)10,5(12)13)14-2-9/h2H,1H3,(H2,7,10)(H,8,11)(H,12,13). The number of carboxylic acids is 1. The zero-order chi connectivity index (χ0) is 11.4. The second-order valence-corrected chi connectivity index (χ2v) is 2.14. The summed E-state index contributed by atoms with van der Waals surface area (Å²) in [4.78, 5) is 42.4. The SMILES string of the molecule is CNC(=O)C(OC=O)(C(N)=O)C(=O)O. The maximum absolute atomic E-state index is 11.0. The van der Waals surface area contributed by atoms with Crippen molar-refractivity contribution < 1.29 is 29.0 Å². The third kappa shape index (κ3) is 1.63. The first kappa shape index (κ1) is 11.9. The van der Waals surface area contributed by atoms with E-state index in [9.17, 15) is 19.2 Å². The van der Waals surface area contributed by atoms with E-state index in [1.54, 1.807) is 0 Å². The molecule has 0 saturated carbocycles. The summed E-state index contributed by atoms with van der Waals surface area (Å²) in [7, 11) is 1.07. The van der Waals surface area contributed by atoms with Gasteiger partial charge in [-0.2, -0.15) is 0 Å². The molecule has 4 N–H and O–H groups in total. The highest BCUT2D eigenvalue weighted by molar-refractivity contribution is 6.24. The highest BCUT2D eigenvalue weighted by Crippen LogP contribution is 2.10. The molecule has 1 atom stereocenters. The van der Waals surface area contributed by atoms with Crippen LogP contribution in [0.4, 0.5) is 0 Å². The first-order valence-corrected chi connectivity index (χ1v) is 3.30. The van der Waals surface area contributed by atoms with Crippen LogP contribution < -0.4 is 11.1 Å². The molecule has 78 valence electrons. The molecular weight excluding hydrogens is 196 g/mol. The molecule has 0 aliphatic carbocycles. The Bertz CT molecular complexity index is 272. The van der Waals surface area contributed by atoms with Crippen molar-refractivity contribution in [3.63, 3.8) is 0 Å². The molecule has 8 heteroatoms. The third-order valence-electron chi connectivity index (χ3n) is 1.42. The molecule has 0 spiro atoms. The maximum atomic E-state index is 11.0. The maximum Gasteiger partial charge on any atom is 0.368 e. The molecular formula is C6H8N2O6. The molecule has 14 heavy (non-hydrogen) atoms. The van der Waals surface area contributed by atoms with Crippen LogP contribution in [-0.2, 0) is 23.9 Å². The highest BCUT2D eigenvalue weighted by Gasteiger charge is 2.54. The Morgan fingerprint density at radius 1 is 1.50 bits per heavy atom. The van der Waals surface area contributed by atoms with Crippen molar-refractivity contribution in [3.8, 4) is 0 Å². The second kappa shape index (κ2) is 4.21. The van der Waals surface area contributed by atoms with E-state index in [0.29, 0.717) is 0 Å². The molecule has 0 aromatic rings. The van der Waals surface area contributed by atoms with Crippen molar-refractivity contribution >= 4 is 24.3 Å². The predicted octanol–water partition coefficient (Wildman–Crippen LogP) is -2.79. The number of carbonyl (C=O) groups is 4. The summed E-state index contributed by atoms with van der Waals surface area (Å²) in [5, 5.41) is 10.4. The number of aliphatic carboxylic acids is 1. The van der Waals surface area contributed by atoms with Gasteiger partial charge in [0, 0.05) is 7.05 Å². The Morgan fingerprint density at radius 2 is 2.00 bits per heavy atom. The summed E-state index contributed by atoms with van der Waals surface area (Å²) in [5.41, 5.74) is 1.67. The van der Waals surface area contributed by atoms with Gasteiger partial charge in [0.05, 0.1) is 0 Å². The smallest absolute Gasteiger partial charge is 0.368 e. The molecule has 1 unspecified atom stereocenters. The number of carbonyl (C=O) groups excluding carboxylic acids is 3. The summed E-state index contributed by atoms with van der Waals surface area (Å²) in [5.74, 6) is -4.88. The molecule has 0 saturated heterocycles. The van der Waals surface area contributed by atoms with Crippen molar-refractivity contribution in [1.29, 1.82) is 0 Å². The monoisotopic (exact) mass is 204 g/mol. The van der Waals surface area contributed by atoms with E-state index >= 15 is 0 Å². The molecule has 0 aromatic carbocycles. The van der Waals surface area contributed by atoms with E-state index in [1.165, 1.54) is 0 Å². The van der Waals surface area contributed by atoms with Crippen LogP contribution in [0.5, 0.6) is 0 Å². The van der Waals surface area contributed by atoms with Gasteiger partial charge in [-0.05, 0) is 0 Å². The fourth-order valence-electron chi connectivity index (χ4n) is 0.725. The fourth-order valence-corrected chi connectivity index (χ4v) is 0.725. The Labute approximate surface area is 78.0 Å². The van der Waals surface area contributed by atoms with Crippen LogP contribution in [0.25, 0.3) is 0 Å². The Morgan fingerprint density at radius 3 is 2.21 bits per heavy atom. The number of hydrogen-bond donors (Lipinski definition) is 3. The number of hydrogen-bond acceptors (Lipinski definition) is 5. The zero-order valence-electron chi connectivity index (χ0n) is 7.14. The van der Waals surface area contributed by atoms with E-state index in [0.717, 1.165) is 7.05 Å². The number of carboxylic acid groups (broad SMARTS) is 1. The van der Waals surface area contributed by atoms with Crippen LogP contribution in [0.15, 0.2) is 0 Å². The predicted molar refractivity (Wildman–Crippen MR) is 40.8 cm³/mol. The minimum atomic E-state index is -3.00. The van der Waals surface area contributed by atoms with Crippen molar-refractivity contribution in [3.05, 3.63) is 0 Å².